The standard InChI is InChI=1S/C44H43N3O12/c1-25(6-5-9-26-7-3-2-4-8-26)29(20-27-17-19-46-22-27)23-47-24-43(55)41(59-42(40(53)54)18-16-34(49)44(43,56)39(42)52)57-31-14-15-32-33(21-31)58-37(38(45)51)35(36(32)50)28-10-12-30(48)13-11-28/h2-5,7-19,21-22,25,29,39,41,46-48,52,55-56H,6,20,23-24H2,1H3,(H2,45,51)(H,53,54)/b9-5+/t25-,29+,39-,41-,42+,43+,44+/m1/s1. The number of allylic oxidation sites excluding steroid dienone is 1. The highest BCUT2D eigenvalue weighted by Gasteiger charge is 2.76. The van der Waals surface area contributed by atoms with Crippen molar-refractivity contribution in [2.45, 2.75) is 49.0 Å². The van der Waals surface area contributed by atoms with Crippen molar-refractivity contribution >= 4 is 34.7 Å². The molecule has 1 amide bonds. The number of benzene rings is 3. The van der Waals surface area contributed by atoms with Gasteiger partial charge in [0, 0.05) is 25.0 Å². The Hall–Kier alpha value is -6.36. The predicted molar refractivity (Wildman–Crippen MR) is 214 cm³/mol. The summed E-state index contributed by atoms with van der Waals surface area (Å²) in [5.41, 5.74) is -1.87. The van der Waals surface area contributed by atoms with Gasteiger partial charge in [0.25, 0.3) is 5.91 Å². The number of nitrogens with one attached hydrogen (secondary N) is 2. The number of carbonyl (C=O) groups excluding carboxylic acids is 2. The second kappa shape index (κ2) is 16.1. The lowest BCUT2D eigenvalue weighted by atomic mass is 9.64. The Kier molecular flexibility index (Phi) is 11.2. The number of phenolic OH excluding ortho intramolecular Hbond substituents is 1. The quantitative estimate of drug-likeness (QED) is 0.0757. The number of aliphatic carboxylic acids is 1. The number of amides is 1. The summed E-state index contributed by atoms with van der Waals surface area (Å²) in [6, 6.07) is 20.9. The van der Waals surface area contributed by atoms with Crippen LogP contribution in [0.5, 0.6) is 11.5 Å². The summed E-state index contributed by atoms with van der Waals surface area (Å²) < 4.78 is 17.7. The molecule has 7 atom stereocenters. The van der Waals surface area contributed by atoms with Crippen LogP contribution in [-0.2, 0) is 20.7 Å². The molecule has 3 aromatic carbocycles. The number of carbonyl (C=O) groups is 3. The molecular weight excluding hydrogens is 762 g/mol. The third-order valence-corrected chi connectivity index (χ3v) is 11.2. The first-order valence-corrected chi connectivity index (χ1v) is 18.9. The first kappa shape index (κ1) is 40.8. The molecule has 9 N–H and O–H groups in total. The number of hydrogen-bond acceptors (Lipinski definition) is 12. The molecule has 2 bridgehead atoms. The number of phenols is 1. The van der Waals surface area contributed by atoms with Gasteiger partial charge in [-0.3, -0.25) is 14.4 Å². The van der Waals surface area contributed by atoms with Crippen LogP contribution >= 0.6 is 0 Å². The first-order valence-electron chi connectivity index (χ1n) is 18.9. The number of aliphatic hydroxyl groups is 3. The predicted octanol–water partition coefficient (Wildman–Crippen LogP) is 3.30. The van der Waals surface area contributed by atoms with Gasteiger partial charge in [0.1, 0.15) is 23.2 Å². The van der Waals surface area contributed by atoms with Crippen LogP contribution in [0.1, 0.15) is 35.0 Å². The third kappa shape index (κ3) is 7.46. The van der Waals surface area contributed by atoms with E-state index in [-0.39, 0.29) is 52.0 Å². The summed E-state index contributed by atoms with van der Waals surface area (Å²) in [5.74, 6) is -4.86. The smallest absolute Gasteiger partial charge is 0.343 e. The highest BCUT2D eigenvalue weighted by atomic mass is 16.7. The Balaban J connectivity index is 1.21. The minimum absolute atomic E-state index is 0.0286. The fraction of sp³-hybridized carbons (Fsp3) is 0.273. The van der Waals surface area contributed by atoms with Gasteiger partial charge in [-0.15, -0.1) is 0 Å². The molecular formula is C44H43N3O12. The van der Waals surface area contributed by atoms with E-state index in [1.165, 1.54) is 36.4 Å². The number of aromatic nitrogens is 1. The molecule has 2 aromatic heterocycles. The number of aliphatic hydroxyl groups excluding tert-OH is 1. The van der Waals surface area contributed by atoms with Crippen molar-refractivity contribution in [3.63, 3.8) is 0 Å². The molecule has 3 heterocycles. The Labute approximate surface area is 337 Å². The highest BCUT2D eigenvalue weighted by molar-refractivity contribution is 6.03. The number of fused-ring (bicyclic) bond motifs is 3. The van der Waals surface area contributed by atoms with Crippen molar-refractivity contribution in [1.29, 1.82) is 0 Å². The summed E-state index contributed by atoms with van der Waals surface area (Å²) in [6.45, 7) is 1.66. The maximum Gasteiger partial charge on any atom is 0.343 e. The molecule has 1 saturated heterocycles. The van der Waals surface area contributed by atoms with E-state index in [2.05, 4.69) is 23.3 Å². The lowest BCUT2D eigenvalue weighted by Crippen LogP contribution is -2.85. The molecule has 2 aliphatic rings. The molecule has 59 heavy (non-hydrogen) atoms. The van der Waals surface area contributed by atoms with Crippen molar-refractivity contribution < 1.29 is 53.8 Å². The molecule has 5 aromatic rings. The third-order valence-electron chi connectivity index (χ3n) is 11.2. The van der Waals surface area contributed by atoms with Crippen LogP contribution in [0.15, 0.2) is 119 Å². The SMILES string of the molecule is C[C@H](C/C=C/c1ccccc1)[C@H](CNC[C@]1(O)[C@H](Oc2ccc3c(=O)c(-c4ccc(O)cc4)c(C(N)=O)oc3c2)O[C@@]2(C(=O)O)C=CC(=O)[C@]1(O)[C@@H]2O)Cc1cc[nH]c1. The maximum absolute atomic E-state index is 13.7. The lowest BCUT2D eigenvalue weighted by molar-refractivity contribution is -0.355. The van der Waals surface area contributed by atoms with Gasteiger partial charge in [-0.2, -0.15) is 0 Å². The van der Waals surface area contributed by atoms with Gasteiger partial charge in [0.15, 0.2) is 17.0 Å². The second-order valence-electron chi connectivity index (χ2n) is 15.0. The van der Waals surface area contributed by atoms with Crippen LogP contribution in [-0.4, -0.2) is 90.5 Å². The van der Waals surface area contributed by atoms with Gasteiger partial charge in [-0.1, -0.05) is 61.5 Å². The molecule has 0 spiro atoms. The minimum atomic E-state index is -3.17. The number of hydrogen-bond donors (Lipinski definition) is 8. The van der Waals surface area contributed by atoms with Crippen molar-refractivity contribution in [3.05, 3.63) is 137 Å². The number of H-pyrrole nitrogens is 1. The van der Waals surface area contributed by atoms with Crippen molar-refractivity contribution in [3.8, 4) is 22.6 Å². The van der Waals surface area contributed by atoms with E-state index in [0.29, 0.717) is 12.8 Å². The van der Waals surface area contributed by atoms with Gasteiger partial charge in [-0.05, 0) is 90.4 Å². The molecule has 1 aliphatic carbocycles. The molecule has 306 valence electrons. The molecule has 1 fully saturated rings. The van der Waals surface area contributed by atoms with E-state index >= 15 is 0 Å². The average molecular weight is 806 g/mol. The molecule has 7 rings (SSSR count). The highest BCUT2D eigenvalue weighted by Crippen LogP contribution is 2.48. The number of ether oxygens (including phenoxy) is 2. The lowest BCUT2D eigenvalue weighted by Gasteiger charge is -2.57. The topological polar surface area (TPSA) is 255 Å². The van der Waals surface area contributed by atoms with E-state index in [1.807, 2.05) is 48.7 Å². The van der Waals surface area contributed by atoms with E-state index in [0.717, 1.165) is 29.3 Å². The normalized spacial score (nSPS) is 24.9. The van der Waals surface area contributed by atoms with E-state index < -0.39 is 64.6 Å². The number of primary amides is 1. The van der Waals surface area contributed by atoms with Gasteiger partial charge in [0.2, 0.25) is 23.1 Å². The second-order valence-corrected chi connectivity index (χ2v) is 15.0. The molecule has 0 unspecified atom stereocenters. The largest absolute Gasteiger partial charge is 0.508 e. The summed E-state index contributed by atoms with van der Waals surface area (Å²) in [7, 11) is 0. The fourth-order valence-corrected chi connectivity index (χ4v) is 7.77. The van der Waals surface area contributed by atoms with Crippen molar-refractivity contribution in [2.24, 2.45) is 17.6 Å². The van der Waals surface area contributed by atoms with Gasteiger partial charge < -0.3 is 55.5 Å². The molecule has 1 aliphatic heterocycles. The number of ketones is 1. The van der Waals surface area contributed by atoms with Crippen LogP contribution in [0, 0.1) is 11.8 Å². The van der Waals surface area contributed by atoms with Crippen LogP contribution in [0.2, 0.25) is 0 Å². The molecule has 15 nitrogen and oxygen atoms in total. The van der Waals surface area contributed by atoms with E-state index in [9.17, 15) is 44.7 Å². The Morgan fingerprint density at radius 3 is 2.47 bits per heavy atom. The number of nitrogens with two attached hydrogens (primary N) is 1. The number of aromatic hydroxyl groups is 1. The number of rotatable bonds is 15. The Morgan fingerprint density at radius 1 is 1.05 bits per heavy atom. The number of carboxylic acid groups (broad SMARTS) is 1. The summed E-state index contributed by atoms with van der Waals surface area (Å²) in [5, 5.41) is 59.2. The fourth-order valence-electron chi connectivity index (χ4n) is 7.77. The molecule has 0 saturated carbocycles. The van der Waals surface area contributed by atoms with Crippen LogP contribution in [0.3, 0.4) is 0 Å². The zero-order valence-electron chi connectivity index (χ0n) is 31.8. The summed E-state index contributed by atoms with van der Waals surface area (Å²) >= 11 is 0. The van der Waals surface area contributed by atoms with Gasteiger partial charge in [-0.25, -0.2) is 4.79 Å². The number of aromatic amines is 1. The first-order chi connectivity index (χ1) is 28.2. The molecule has 0 radical (unpaired) electrons. The summed E-state index contributed by atoms with van der Waals surface area (Å²) in [4.78, 5) is 55.6. The van der Waals surface area contributed by atoms with Crippen LogP contribution < -0.4 is 21.2 Å². The Morgan fingerprint density at radius 2 is 1.80 bits per heavy atom. The minimum Gasteiger partial charge on any atom is -0.508 e. The van der Waals surface area contributed by atoms with Crippen LogP contribution in [0.25, 0.3) is 28.2 Å². The molecule has 15 heteroatoms. The van der Waals surface area contributed by atoms with Gasteiger partial charge in [0.05, 0.1) is 10.9 Å². The zero-order chi connectivity index (χ0) is 42.1. The van der Waals surface area contributed by atoms with Crippen molar-refractivity contribution in [1.82, 2.24) is 10.3 Å². The van der Waals surface area contributed by atoms with Gasteiger partial charge >= 0.3 is 5.97 Å². The van der Waals surface area contributed by atoms with E-state index in [4.69, 9.17) is 19.6 Å². The van der Waals surface area contributed by atoms with E-state index in [1.54, 1.807) is 6.20 Å². The average Bonchev–Trinajstić information content (AvgIpc) is 3.73. The van der Waals surface area contributed by atoms with Crippen LogP contribution in [0.4, 0.5) is 0 Å². The maximum atomic E-state index is 13.7. The van der Waals surface area contributed by atoms with Crippen molar-refractivity contribution in [2.75, 3.05) is 13.1 Å². The summed E-state index contributed by atoms with van der Waals surface area (Å²) in [6.07, 6.45) is 5.93. The monoisotopic (exact) mass is 805 g/mol. The zero-order valence-corrected chi connectivity index (χ0v) is 31.8. The Bertz CT molecular complexity index is 2480. The number of carboxylic acids is 1.